The first kappa shape index (κ1) is 11.9. The molecule has 0 saturated carbocycles. The van der Waals surface area contributed by atoms with E-state index in [-0.39, 0.29) is 16.5 Å². The average Bonchev–Trinajstić information content (AvgIpc) is 1.99. The summed E-state index contributed by atoms with van der Waals surface area (Å²) in [5, 5.41) is 7.83. The lowest BCUT2D eigenvalue weighted by Crippen LogP contribution is -2.40. The smallest absolute Gasteiger partial charge is 0.272 e. The van der Waals surface area contributed by atoms with Gasteiger partial charge in [0.2, 0.25) is 0 Å². The minimum absolute atomic E-state index is 0.0950. The van der Waals surface area contributed by atoms with Crippen LogP contribution in [0.4, 0.5) is 0 Å². The van der Waals surface area contributed by atoms with Gasteiger partial charge in [-0.25, -0.2) is 0 Å². The van der Waals surface area contributed by atoms with Crippen molar-refractivity contribution in [3.05, 3.63) is 22.4 Å². The number of aromatic nitrogens is 3. The number of nitrogens with zero attached hydrogens (tertiary/aromatic N) is 3. The van der Waals surface area contributed by atoms with Crippen molar-refractivity contribution < 1.29 is 0 Å². The van der Waals surface area contributed by atoms with E-state index in [0.29, 0.717) is 0 Å². The third-order valence-electron chi connectivity index (χ3n) is 2.09. The second-order valence-corrected chi connectivity index (χ2v) is 5.76. The van der Waals surface area contributed by atoms with Crippen LogP contribution in [-0.2, 0) is 11.0 Å². The molecule has 0 bridgehead atoms. The van der Waals surface area contributed by atoms with Crippen molar-refractivity contribution in [2.75, 3.05) is 0 Å². The topological polar surface area (TPSA) is 47.8 Å². The van der Waals surface area contributed by atoms with Crippen molar-refractivity contribution in [1.29, 1.82) is 0 Å². The third-order valence-corrected chi connectivity index (χ3v) is 2.09. The molecule has 15 heavy (non-hydrogen) atoms. The molecule has 0 aliphatic rings. The lowest BCUT2D eigenvalue weighted by molar-refractivity contribution is 0.329. The summed E-state index contributed by atoms with van der Waals surface area (Å²) in [6.07, 6.45) is 1.26. The van der Waals surface area contributed by atoms with E-state index in [0.717, 1.165) is 5.82 Å². The Morgan fingerprint density at radius 1 is 1.13 bits per heavy atom. The highest BCUT2D eigenvalue weighted by atomic mass is 16.1. The second-order valence-electron chi connectivity index (χ2n) is 5.76. The van der Waals surface area contributed by atoms with Crippen molar-refractivity contribution in [2.45, 2.75) is 52.5 Å². The molecule has 0 fully saturated rings. The minimum Gasteiger partial charge on any atom is -0.288 e. The van der Waals surface area contributed by atoms with Crippen LogP contribution in [0.1, 0.15) is 47.4 Å². The fraction of sp³-hybridized carbons (Fsp3) is 0.727. The maximum absolute atomic E-state index is 11.8. The SMILES string of the molecule is CC(C)(C)c1nncc(=O)n1C(C)(C)C. The van der Waals surface area contributed by atoms with Gasteiger partial charge in [-0.15, -0.1) is 5.10 Å². The van der Waals surface area contributed by atoms with Crippen LogP contribution in [0.15, 0.2) is 11.0 Å². The monoisotopic (exact) mass is 209 g/mol. The lowest BCUT2D eigenvalue weighted by Gasteiger charge is -2.29. The summed E-state index contributed by atoms with van der Waals surface area (Å²) >= 11 is 0. The Kier molecular flexibility index (Phi) is 2.72. The first-order valence-electron chi connectivity index (χ1n) is 5.10. The maximum Gasteiger partial charge on any atom is 0.272 e. The number of rotatable bonds is 0. The van der Waals surface area contributed by atoms with Gasteiger partial charge < -0.3 is 0 Å². The van der Waals surface area contributed by atoms with Crippen molar-refractivity contribution in [1.82, 2.24) is 14.8 Å². The van der Waals surface area contributed by atoms with Crippen LogP contribution in [0.3, 0.4) is 0 Å². The van der Waals surface area contributed by atoms with Crippen molar-refractivity contribution in [3.63, 3.8) is 0 Å². The second kappa shape index (κ2) is 3.43. The molecular formula is C11H19N3O. The number of hydrogen-bond acceptors (Lipinski definition) is 3. The highest BCUT2D eigenvalue weighted by Crippen LogP contribution is 2.22. The molecule has 4 heteroatoms. The number of hydrogen-bond donors (Lipinski definition) is 0. The van der Waals surface area contributed by atoms with Gasteiger partial charge in [0.1, 0.15) is 12.0 Å². The normalized spacial score (nSPS) is 12.9. The van der Waals surface area contributed by atoms with Crippen LogP contribution < -0.4 is 5.56 Å². The summed E-state index contributed by atoms with van der Waals surface area (Å²) < 4.78 is 1.71. The van der Waals surface area contributed by atoms with E-state index in [4.69, 9.17) is 0 Å². The van der Waals surface area contributed by atoms with Crippen molar-refractivity contribution in [3.8, 4) is 0 Å². The molecule has 1 aromatic heterocycles. The first-order valence-corrected chi connectivity index (χ1v) is 5.10. The zero-order valence-electron chi connectivity index (χ0n) is 10.3. The van der Waals surface area contributed by atoms with E-state index in [2.05, 4.69) is 10.2 Å². The zero-order valence-corrected chi connectivity index (χ0v) is 10.3. The van der Waals surface area contributed by atoms with E-state index >= 15 is 0 Å². The summed E-state index contributed by atoms with van der Waals surface area (Å²) in [7, 11) is 0. The predicted molar refractivity (Wildman–Crippen MR) is 60.0 cm³/mol. The summed E-state index contributed by atoms with van der Waals surface area (Å²) in [4.78, 5) is 11.8. The molecule has 0 aliphatic carbocycles. The predicted octanol–water partition coefficient (Wildman–Crippen LogP) is 1.69. The van der Waals surface area contributed by atoms with Gasteiger partial charge in [-0.1, -0.05) is 20.8 Å². The van der Waals surface area contributed by atoms with Gasteiger partial charge in [0, 0.05) is 11.0 Å². The summed E-state index contributed by atoms with van der Waals surface area (Å²) in [6.45, 7) is 12.1. The minimum atomic E-state index is -0.268. The highest BCUT2D eigenvalue weighted by Gasteiger charge is 2.27. The van der Waals surface area contributed by atoms with E-state index in [1.54, 1.807) is 4.57 Å². The highest BCUT2D eigenvalue weighted by molar-refractivity contribution is 5.04. The molecule has 0 spiro atoms. The summed E-state index contributed by atoms with van der Waals surface area (Å²) in [5.41, 5.74) is -0.543. The molecular weight excluding hydrogens is 190 g/mol. The first-order chi connectivity index (χ1) is 6.64. The molecule has 0 aliphatic heterocycles. The van der Waals surface area contributed by atoms with Crippen LogP contribution in [0.2, 0.25) is 0 Å². The Morgan fingerprint density at radius 3 is 2.00 bits per heavy atom. The van der Waals surface area contributed by atoms with Crippen molar-refractivity contribution in [2.24, 2.45) is 0 Å². The molecule has 0 unspecified atom stereocenters. The average molecular weight is 209 g/mol. The standard InChI is InChI=1S/C11H19N3O/c1-10(2,3)9-13-12-7-8(15)14(9)11(4,5)6/h7H,1-6H3. The van der Waals surface area contributed by atoms with E-state index < -0.39 is 0 Å². The van der Waals surface area contributed by atoms with E-state index in [1.807, 2.05) is 41.5 Å². The molecule has 1 aromatic rings. The van der Waals surface area contributed by atoms with Crippen LogP contribution in [0.25, 0.3) is 0 Å². The fourth-order valence-corrected chi connectivity index (χ4v) is 1.47. The molecule has 0 N–H and O–H groups in total. The van der Waals surface area contributed by atoms with Crippen LogP contribution in [0, 0.1) is 0 Å². The molecule has 1 heterocycles. The third kappa shape index (κ3) is 2.43. The molecule has 84 valence electrons. The Bertz CT molecular complexity index is 407. The van der Waals surface area contributed by atoms with Gasteiger partial charge in [-0.05, 0) is 20.8 Å². The van der Waals surface area contributed by atoms with Gasteiger partial charge in [0.05, 0.1) is 0 Å². The molecule has 0 saturated heterocycles. The molecule has 0 radical (unpaired) electrons. The maximum atomic E-state index is 11.8. The van der Waals surface area contributed by atoms with Gasteiger partial charge in [-0.3, -0.25) is 9.36 Å². The van der Waals surface area contributed by atoms with Crippen molar-refractivity contribution >= 4 is 0 Å². The van der Waals surface area contributed by atoms with Crippen LogP contribution in [0.5, 0.6) is 0 Å². The van der Waals surface area contributed by atoms with Gasteiger partial charge in [-0.2, -0.15) is 5.10 Å². The van der Waals surface area contributed by atoms with Crippen LogP contribution in [-0.4, -0.2) is 14.8 Å². The Balaban J connectivity index is 3.55. The van der Waals surface area contributed by atoms with Gasteiger partial charge in [0.15, 0.2) is 0 Å². The van der Waals surface area contributed by atoms with Gasteiger partial charge >= 0.3 is 0 Å². The largest absolute Gasteiger partial charge is 0.288 e. The quantitative estimate of drug-likeness (QED) is 0.653. The summed E-state index contributed by atoms with van der Waals surface area (Å²) in [5.74, 6) is 0.725. The fourth-order valence-electron chi connectivity index (χ4n) is 1.47. The zero-order chi connectivity index (χ0) is 11.9. The molecule has 1 rings (SSSR count). The van der Waals surface area contributed by atoms with Gasteiger partial charge in [0.25, 0.3) is 5.56 Å². The molecule has 0 aromatic carbocycles. The Hall–Kier alpha value is -1.19. The molecule has 0 amide bonds. The van der Waals surface area contributed by atoms with E-state index in [1.165, 1.54) is 6.20 Å². The van der Waals surface area contributed by atoms with E-state index in [9.17, 15) is 4.79 Å². The van der Waals surface area contributed by atoms with Crippen LogP contribution >= 0.6 is 0 Å². The Morgan fingerprint density at radius 2 is 1.67 bits per heavy atom. The molecule has 0 atom stereocenters. The molecule has 4 nitrogen and oxygen atoms in total. The lowest BCUT2D eigenvalue weighted by atomic mass is 9.94. The Labute approximate surface area is 90.3 Å². The summed E-state index contributed by atoms with van der Waals surface area (Å²) in [6, 6.07) is 0.